The molecule has 5 heteroatoms. The molecule has 126 valence electrons. The van der Waals surface area contributed by atoms with Crippen LogP contribution in [0.25, 0.3) is 0 Å². The zero-order chi connectivity index (χ0) is 17.5. The van der Waals surface area contributed by atoms with Crippen LogP contribution < -0.4 is 10.1 Å². The highest BCUT2D eigenvalue weighted by Crippen LogP contribution is 2.16. The number of carbonyl (C=O) groups is 2. The molecule has 0 radical (unpaired) electrons. The zero-order valence-electron chi connectivity index (χ0n) is 13.8. The van der Waals surface area contributed by atoms with E-state index in [9.17, 15) is 14.0 Å². The molecule has 0 bridgehead atoms. The van der Waals surface area contributed by atoms with Crippen molar-refractivity contribution in [3.8, 4) is 5.75 Å². The van der Waals surface area contributed by atoms with Crippen molar-refractivity contribution in [3.63, 3.8) is 0 Å². The fourth-order valence-electron chi connectivity index (χ4n) is 2.16. The highest BCUT2D eigenvalue weighted by Gasteiger charge is 2.07. The van der Waals surface area contributed by atoms with Crippen LogP contribution in [0.2, 0.25) is 0 Å². The monoisotopic (exact) mass is 329 g/mol. The number of hydrogen-bond donors (Lipinski definition) is 1. The highest BCUT2D eigenvalue weighted by molar-refractivity contribution is 5.94. The van der Waals surface area contributed by atoms with Gasteiger partial charge in [0.15, 0.2) is 5.78 Å². The molecule has 0 aliphatic carbocycles. The molecule has 4 nitrogen and oxygen atoms in total. The SMILES string of the molecule is CC(=O)c1ccc(OCCCC(=O)Nc2cc(C)ccc2F)cc1. The van der Waals surface area contributed by atoms with Gasteiger partial charge in [0.2, 0.25) is 5.91 Å². The van der Waals surface area contributed by atoms with Crippen molar-refractivity contribution in [1.29, 1.82) is 0 Å². The van der Waals surface area contributed by atoms with Gasteiger partial charge in [-0.25, -0.2) is 4.39 Å². The number of ether oxygens (including phenoxy) is 1. The van der Waals surface area contributed by atoms with E-state index >= 15 is 0 Å². The Bertz CT molecular complexity index is 726. The molecule has 0 spiro atoms. The first kappa shape index (κ1) is 17.7. The van der Waals surface area contributed by atoms with Gasteiger partial charge in [-0.2, -0.15) is 0 Å². The third kappa shape index (κ3) is 5.19. The van der Waals surface area contributed by atoms with Crippen LogP contribution in [0.5, 0.6) is 5.75 Å². The van der Waals surface area contributed by atoms with Crippen molar-refractivity contribution in [2.75, 3.05) is 11.9 Å². The molecule has 0 unspecified atom stereocenters. The van der Waals surface area contributed by atoms with E-state index in [1.54, 1.807) is 36.4 Å². The molecule has 24 heavy (non-hydrogen) atoms. The van der Waals surface area contributed by atoms with Gasteiger partial charge >= 0.3 is 0 Å². The number of ketones is 1. The van der Waals surface area contributed by atoms with Crippen LogP contribution >= 0.6 is 0 Å². The van der Waals surface area contributed by atoms with E-state index in [0.717, 1.165) is 5.56 Å². The van der Waals surface area contributed by atoms with E-state index in [1.807, 2.05) is 6.92 Å². The summed E-state index contributed by atoms with van der Waals surface area (Å²) in [5.41, 5.74) is 1.70. The van der Waals surface area contributed by atoms with Crippen LogP contribution in [-0.2, 0) is 4.79 Å². The van der Waals surface area contributed by atoms with Gasteiger partial charge in [-0.05, 0) is 62.2 Å². The van der Waals surface area contributed by atoms with Crippen LogP contribution in [0.1, 0.15) is 35.7 Å². The smallest absolute Gasteiger partial charge is 0.224 e. The number of benzene rings is 2. The fraction of sp³-hybridized carbons (Fsp3) is 0.263. The standard InChI is InChI=1S/C19H20FNO3/c1-13-5-10-17(20)18(12-13)21-19(23)4-3-11-24-16-8-6-15(7-9-16)14(2)22/h5-10,12H,3-4,11H2,1-2H3,(H,21,23). The summed E-state index contributed by atoms with van der Waals surface area (Å²) < 4.78 is 19.1. The molecule has 2 rings (SSSR count). The Kier molecular flexibility index (Phi) is 6.07. The van der Waals surface area contributed by atoms with Crippen molar-refractivity contribution < 1.29 is 18.7 Å². The number of anilines is 1. The van der Waals surface area contributed by atoms with Gasteiger partial charge < -0.3 is 10.1 Å². The Morgan fingerprint density at radius 3 is 2.50 bits per heavy atom. The Hall–Kier alpha value is -2.69. The zero-order valence-corrected chi connectivity index (χ0v) is 13.8. The Morgan fingerprint density at radius 2 is 1.83 bits per heavy atom. The first-order valence-electron chi connectivity index (χ1n) is 7.75. The minimum Gasteiger partial charge on any atom is -0.494 e. The quantitative estimate of drug-likeness (QED) is 0.614. The van der Waals surface area contributed by atoms with Crippen molar-refractivity contribution in [2.24, 2.45) is 0 Å². The van der Waals surface area contributed by atoms with Gasteiger partial charge in [0.1, 0.15) is 11.6 Å². The Morgan fingerprint density at radius 1 is 1.12 bits per heavy atom. The topological polar surface area (TPSA) is 55.4 Å². The second-order valence-corrected chi connectivity index (χ2v) is 5.56. The summed E-state index contributed by atoms with van der Waals surface area (Å²) in [4.78, 5) is 23.0. The summed E-state index contributed by atoms with van der Waals surface area (Å²) in [5, 5.41) is 2.56. The average molecular weight is 329 g/mol. The summed E-state index contributed by atoms with van der Waals surface area (Å²) in [7, 11) is 0. The molecule has 1 N–H and O–H groups in total. The lowest BCUT2D eigenvalue weighted by Crippen LogP contribution is -2.14. The van der Waals surface area contributed by atoms with Crippen LogP contribution in [0, 0.1) is 12.7 Å². The van der Waals surface area contributed by atoms with Crippen LogP contribution in [0.15, 0.2) is 42.5 Å². The summed E-state index contributed by atoms with van der Waals surface area (Å²) in [6, 6.07) is 11.4. The first-order chi connectivity index (χ1) is 11.5. The van der Waals surface area contributed by atoms with Gasteiger partial charge in [0.25, 0.3) is 0 Å². The number of carbonyl (C=O) groups excluding carboxylic acids is 2. The maximum absolute atomic E-state index is 13.6. The number of nitrogens with one attached hydrogen (secondary N) is 1. The van der Waals surface area contributed by atoms with Gasteiger partial charge in [0, 0.05) is 12.0 Å². The molecule has 0 saturated carbocycles. The number of rotatable bonds is 7. The lowest BCUT2D eigenvalue weighted by atomic mass is 10.1. The number of amides is 1. The third-order valence-electron chi connectivity index (χ3n) is 3.47. The van der Waals surface area contributed by atoms with Crippen molar-refractivity contribution in [1.82, 2.24) is 0 Å². The summed E-state index contributed by atoms with van der Waals surface area (Å²) in [6.45, 7) is 3.70. The molecule has 0 aliphatic rings. The normalized spacial score (nSPS) is 10.3. The highest BCUT2D eigenvalue weighted by atomic mass is 19.1. The maximum atomic E-state index is 13.6. The third-order valence-corrected chi connectivity index (χ3v) is 3.47. The van der Waals surface area contributed by atoms with Crippen molar-refractivity contribution >= 4 is 17.4 Å². The largest absolute Gasteiger partial charge is 0.494 e. The molecule has 0 saturated heterocycles. The molecule has 0 atom stereocenters. The molecule has 0 fully saturated rings. The number of Topliss-reactive ketones (excluding diaryl/α,β-unsaturated/α-hetero) is 1. The van der Waals surface area contributed by atoms with Gasteiger partial charge in [0.05, 0.1) is 12.3 Å². The van der Waals surface area contributed by atoms with E-state index < -0.39 is 5.82 Å². The number of halogens is 1. The Balaban J connectivity index is 1.74. The molecule has 0 aliphatic heterocycles. The van der Waals surface area contributed by atoms with Gasteiger partial charge in [-0.1, -0.05) is 6.07 Å². The van der Waals surface area contributed by atoms with Crippen molar-refractivity contribution in [2.45, 2.75) is 26.7 Å². The predicted octanol–water partition coefficient (Wildman–Crippen LogP) is 4.13. The van der Waals surface area contributed by atoms with Crippen molar-refractivity contribution in [3.05, 3.63) is 59.4 Å². The van der Waals surface area contributed by atoms with E-state index in [0.29, 0.717) is 24.3 Å². The van der Waals surface area contributed by atoms with E-state index in [-0.39, 0.29) is 23.8 Å². The number of hydrogen-bond acceptors (Lipinski definition) is 3. The molecule has 2 aromatic carbocycles. The van der Waals surface area contributed by atoms with Crippen LogP contribution in [0.3, 0.4) is 0 Å². The fourth-order valence-corrected chi connectivity index (χ4v) is 2.16. The van der Waals surface area contributed by atoms with Gasteiger partial charge in [-0.3, -0.25) is 9.59 Å². The molecule has 0 heterocycles. The molecular formula is C19H20FNO3. The summed E-state index contributed by atoms with van der Waals surface area (Å²) >= 11 is 0. The van der Waals surface area contributed by atoms with Gasteiger partial charge in [-0.15, -0.1) is 0 Å². The Labute approximate surface area is 140 Å². The summed E-state index contributed by atoms with van der Waals surface area (Å²) in [6.07, 6.45) is 0.743. The summed E-state index contributed by atoms with van der Waals surface area (Å²) in [5.74, 6) is -0.0578. The van der Waals surface area contributed by atoms with Crippen LogP contribution in [-0.4, -0.2) is 18.3 Å². The second-order valence-electron chi connectivity index (χ2n) is 5.56. The van der Waals surface area contributed by atoms with E-state index in [4.69, 9.17) is 4.74 Å². The molecule has 2 aromatic rings. The first-order valence-corrected chi connectivity index (χ1v) is 7.75. The van der Waals surface area contributed by atoms with E-state index in [2.05, 4.69) is 5.32 Å². The maximum Gasteiger partial charge on any atom is 0.224 e. The second kappa shape index (κ2) is 8.24. The number of aryl methyl sites for hydroxylation is 1. The molecule has 0 aromatic heterocycles. The molecule has 1 amide bonds. The minimum atomic E-state index is -0.448. The predicted molar refractivity (Wildman–Crippen MR) is 90.9 cm³/mol. The van der Waals surface area contributed by atoms with Crippen LogP contribution in [0.4, 0.5) is 10.1 Å². The lowest BCUT2D eigenvalue weighted by Gasteiger charge is -2.08. The average Bonchev–Trinajstić information content (AvgIpc) is 2.55. The lowest BCUT2D eigenvalue weighted by molar-refractivity contribution is -0.116. The van der Waals surface area contributed by atoms with E-state index in [1.165, 1.54) is 13.0 Å². The molecular weight excluding hydrogens is 309 g/mol. The minimum absolute atomic E-state index is 0.00148.